The molecule has 0 radical (unpaired) electrons. The van der Waals surface area contributed by atoms with Crippen molar-refractivity contribution in [1.29, 1.82) is 0 Å². The fraction of sp³-hybridized carbons (Fsp3) is 0. The van der Waals surface area contributed by atoms with E-state index in [1.807, 2.05) is 0 Å². The van der Waals surface area contributed by atoms with Crippen LogP contribution >= 0.6 is 0 Å². The molecule has 29 heavy (non-hydrogen) atoms. The Morgan fingerprint density at radius 1 is 0.862 bits per heavy atom. The fourth-order valence-electron chi connectivity index (χ4n) is 3.13. The van der Waals surface area contributed by atoms with E-state index in [4.69, 9.17) is 0 Å². The molecule has 0 aliphatic carbocycles. The summed E-state index contributed by atoms with van der Waals surface area (Å²) in [5.74, 6) is -1.19. The summed E-state index contributed by atoms with van der Waals surface area (Å²) in [6, 6.07) is 13.6. The van der Waals surface area contributed by atoms with Gasteiger partial charge in [-0.3, -0.25) is 14.4 Å². The lowest BCUT2D eigenvalue weighted by atomic mass is 9.96. The Bertz CT molecular complexity index is 1300. The maximum atomic E-state index is 12.5. The zero-order valence-corrected chi connectivity index (χ0v) is 15.1. The molecule has 4 rings (SSSR count). The molecule has 142 valence electrons. The van der Waals surface area contributed by atoms with Crippen molar-refractivity contribution >= 4 is 34.4 Å². The molecule has 0 saturated carbocycles. The van der Waals surface area contributed by atoms with Gasteiger partial charge in [0.2, 0.25) is 5.78 Å². The standard InChI is InChI=1S/C23H16N2O4/c26-20-14-8-4-6-12-18(14)24-22(28)16(20)10-2-1-3-11-17-21(27)15-9-5-7-13-19(15)25-23(17)29/h1-13H,(H,24,28)(H2,25,27,29)/p-1/b2-1?,11-3?,16-10-. The number of carbonyl (C=O) groups excluding carboxylic acids is 2. The van der Waals surface area contributed by atoms with Crippen molar-refractivity contribution in [2.24, 2.45) is 0 Å². The van der Waals surface area contributed by atoms with Crippen LogP contribution in [0.15, 0.2) is 83.2 Å². The van der Waals surface area contributed by atoms with Crippen molar-refractivity contribution < 1.29 is 14.7 Å². The van der Waals surface area contributed by atoms with Crippen molar-refractivity contribution in [3.8, 4) is 5.75 Å². The molecule has 6 nitrogen and oxygen atoms in total. The van der Waals surface area contributed by atoms with Gasteiger partial charge < -0.3 is 15.4 Å². The number of benzene rings is 2. The van der Waals surface area contributed by atoms with Crippen molar-refractivity contribution in [2.45, 2.75) is 0 Å². The number of amides is 1. The van der Waals surface area contributed by atoms with Crippen LogP contribution in [0.25, 0.3) is 17.0 Å². The SMILES string of the molecule is O=C1Nc2ccccc2C(=O)/C1=C/C=CC=Cc1c([O-])c2ccccc2[nH]c1=O. The van der Waals surface area contributed by atoms with Crippen LogP contribution in [-0.4, -0.2) is 16.7 Å². The molecule has 1 aliphatic heterocycles. The van der Waals surface area contributed by atoms with Gasteiger partial charge in [-0.2, -0.15) is 0 Å². The quantitative estimate of drug-likeness (QED) is 0.412. The van der Waals surface area contributed by atoms with E-state index >= 15 is 0 Å². The zero-order valence-electron chi connectivity index (χ0n) is 15.1. The number of para-hydroxylation sites is 2. The van der Waals surface area contributed by atoms with Crippen LogP contribution in [0.5, 0.6) is 5.75 Å². The Hall–Kier alpha value is -4.19. The number of nitrogens with one attached hydrogen (secondary N) is 2. The Balaban J connectivity index is 1.58. The van der Waals surface area contributed by atoms with Crippen molar-refractivity contribution in [3.05, 3.63) is 99.9 Å². The number of pyridine rings is 1. The highest BCUT2D eigenvalue weighted by Gasteiger charge is 2.27. The summed E-state index contributed by atoms with van der Waals surface area (Å²) in [6.07, 6.45) is 7.37. The topological polar surface area (TPSA) is 102 Å². The first kappa shape index (κ1) is 18.2. The smallest absolute Gasteiger partial charge is 0.259 e. The minimum atomic E-state index is -0.477. The molecule has 6 heteroatoms. The molecule has 0 bridgehead atoms. The number of anilines is 1. The van der Waals surface area contributed by atoms with Crippen molar-refractivity contribution in [1.82, 2.24) is 4.98 Å². The predicted molar refractivity (Wildman–Crippen MR) is 110 cm³/mol. The molecule has 0 atom stereocenters. The molecule has 1 aliphatic rings. The van der Waals surface area contributed by atoms with Crippen LogP contribution in [0.2, 0.25) is 0 Å². The number of rotatable bonds is 3. The monoisotopic (exact) mass is 383 g/mol. The highest BCUT2D eigenvalue weighted by atomic mass is 16.3. The maximum absolute atomic E-state index is 12.5. The average Bonchev–Trinajstić information content (AvgIpc) is 2.72. The fourth-order valence-corrected chi connectivity index (χ4v) is 3.13. The van der Waals surface area contributed by atoms with Gasteiger partial charge in [0.15, 0.2) is 0 Å². The first-order chi connectivity index (χ1) is 14.1. The predicted octanol–water partition coefficient (Wildman–Crippen LogP) is 2.93. The summed E-state index contributed by atoms with van der Waals surface area (Å²) in [6.45, 7) is 0. The van der Waals surface area contributed by atoms with E-state index in [2.05, 4.69) is 10.3 Å². The Kier molecular flexibility index (Phi) is 4.66. The first-order valence-corrected chi connectivity index (χ1v) is 8.88. The lowest BCUT2D eigenvalue weighted by Gasteiger charge is -2.17. The maximum Gasteiger partial charge on any atom is 0.259 e. The van der Waals surface area contributed by atoms with Gasteiger partial charge in [-0.15, -0.1) is 0 Å². The van der Waals surface area contributed by atoms with Gasteiger partial charge in [-0.1, -0.05) is 60.4 Å². The molecule has 0 fully saturated rings. The first-order valence-electron chi connectivity index (χ1n) is 8.88. The van der Waals surface area contributed by atoms with Gasteiger partial charge in [0, 0.05) is 16.6 Å². The number of aromatic amines is 1. The van der Waals surface area contributed by atoms with Gasteiger partial charge in [0.1, 0.15) is 0 Å². The van der Waals surface area contributed by atoms with Crippen LogP contribution in [0.3, 0.4) is 0 Å². The van der Waals surface area contributed by atoms with Crippen molar-refractivity contribution in [2.75, 3.05) is 5.32 Å². The van der Waals surface area contributed by atoms with Gasteiger partial charge in [-0.05, 0) is 29.7 Å². The molecule has 2 N–H and O–H groups in total. The van der Waals surface area contributed by atoms with E-state index < -0.39 is 11.5 Å². The Labute approximate surface area is 165 Å². The van der Waals surface area contributed by atoms with Crippen LogP contribution in [0.1, 0.15) is 15.9 Å². The van der Waals surface area contributed by atoms with Gasteiger partial charge in [0.05, 0.1) is 11.3 Å². The number of allylic oxidation sites excluding steroid dienone is 4. The van der Waals surface area contributed by atoms with E-state index in [9.17, 15) is 19.5 Å². The van der Waals surface area contributed by atoms with Crippen LogP contribution in [-0.2, 0) is 4.79 Å². The summed E-state index contributed by atoms with van der Waals surface area (Å²) in [5, 5.41) is 15.6. The van der Waals surface area contributed by atoms with Crippen LogP contribution < -0.4 is 16.0 Å². The number of fused-ring (bicyclic) bond motifs is 2. The van der Waals surface area contributed by atoms with Gasteiger partial charge >= 0.3 is 0 Å². The summed E-state index contributed by atoms with van der Waals surface area (Å²) in [5.41, 5.74) is 0.961. The number of hydrogen-bond acceptors (Lipinski definition) is 4. The highest BCUT2D eigenvalue weighted by Crippen LogP contribution is 2.25. The average molecular weight is 383 g/mol. The van der Waals surface area contributed by atoms with E-state index in [0.717, 1.165) is 0 Å². The zero-order chi connectivity index (χ0) is 20.4. The number of hydrogen-bond donors (Lipinski definition) is 2. The highest BCUT2D eigenvalue weighted by molar-refractivity contribution is 6.34. The molecule has 2 aromatic carbocycles. The van der Waals surface area contributed by atoms with E-state index in [0.29, 0.717) is 22.2 Å². The lowest BCUT2D eigenvalue weighted by molar-refractivity contribution is -0.266. The van der Waals surface area contributed by atoms with Gasteiger partial charge in [0.25, 0.3) is 11.5 Å². The molecule has 1 aromatic heterocycles. The lowest BCUT2D eigenvalue weighted by Crippen LogP contribution is -2.27. The molecular formula is C23H15N2O4-. The van der Waals surface area contributed by atoms with Crippen LogP contribution in [0, 0.1) is 0 Å². The third-order valence-electron chi connectivity index (χ3n) is 4.57. The molecular weight excluding hydrogens is 368 g/mol. The second-order valence-corrected chi connectivity index (χ2v) is 6.40. The molecule has 0 saturated heterocycles. The van der Waals surface area contributed by atoms with Crippen LogP contribution in [0.4, 0.5) is 5.69 Å². The molecule has 3 aromatic rings. The summed E-state index contributed by atoms with van der Waals surface area (Å²) in [4.78, 5) is 39.4. The third-order valence-corrected chi connectivity index (χ3v) is 4.57. The summed E-state index contributed by atoms with van der Waals surface area (Å²) in [7, 11) is 0. The molecule has 1 amide bonds. The number of aromatic nitrogens is 1. The number of ketones is 1. The summed E-state index contributed by atoms with van der Waals surface area (Å²) >= 11 is 0. The second kappa shape index (κ2) is 7.44. The third kappa shape index (κ3) is 3.39. The minimum Gasteiger partial charge on any atom is -0.871 e. The Morgan fingerprint density at radius 3 is 2.48 bits per heavy atom. The summed E-state index contributed by atoms with van der Waals surface area (Å²) < 4.78 is 0. The van der Waals surface area contributed by atoms with E-state index in [-0.39, 0.29) is 22.7 Å². The minimum absolute atomic E-state index is 0.0152. The molecule has 0 spiro atoms. The second-order valence-electron chi connectivity index (χ2n) is 6.40. The molecule has 0 unspecified atom stereocenters. The number of carbonyl (C=O) groups is 2. The van der Waals surface area contributed by atoms with Gasteiger partial charge in [-0.25, -0.2) is 0 Å². The normalized spacial score (nSPS) is 15.4. The molecule has 2 heterocycles. The van der Waals surface area contributed by atoms with E-state index in [1.54, 1.807) is 54.6 Å². The number of Topliss-reactive ketones (excluding diaryl/α,β-unsaturated/α-hetero) is 1. The van der Waals surface area contributed by atoms with Crippen molar-refractivity contribution in [3.63, 3.8) is 0 Å². The van der Waals surface area contributed by atoms with E-state index in [1.165, 1.54) is 24.3 Å². The Morgan fingerprint density at radius 2 is 1.62 bits per heavy atom. The number of H-pyrrole nitrogens is 1. The largest absolute Gasteiger partial charge is 0.871 e.